The second kappa shape index (κ2) is 11.2. The number of esters is 1. The number of allylic oxidation sites excluding steroid dienone is 2. The highest BCUT2D eigenvalue weighted by Crippen LogP contribution is 2.38. The summed E-state index contributed by atoms with van der Waals surface area (Å²) in [5.74, 6) is 2.01. The van der Waals surface area contributed by atoms with Gasteiger partial charge in [0.05, 0.1) is 12.3 Å². The maximum absolute atomic E-state index is 12.3. The smallest absolute Gasteiger partial charge is 0.350 e. The standard InChI is InChI=1S/C27H33N7O2S/c1-4-34(20-11-7-6-8-12-20)24-21-13-15-33(17-19-10-9-14-28-16-19)23(21)30-26(31-24)32-27-29-18(3)22(37-27)25(35)36-5-2/h9-11,14,16H,4-8,12-13,15,17H2,1-3H3,(H,29,30,31,32). The molecule has 0 saturated heterocycles. The Labute approximate surface area is 221 Å². The number of fused-ring (bicyclic) bond motifs is 1. The first-order chi connectivity index (χ1) is 18.1. The Balaban J connectivity index is 1.52. The van der Waals surface area contributed by atoms with Gasteiger partial charge in [0, 0.05) is 43.3 Å². The Bertz CT molecular complexity index is 1290. The lowest BCUT2D eigenvalue weighted by Gasteiger charge is -2.29. The van der Waals surface area contributed by atoms with Crippen LogP contribution in [0.25, 0.3) is 0 Å². The van der Waals surface area contributed by atoms with E-state index >= 15 is 0 Å². The maximum Gasteiger partial charge on any atom is 0.350 e. The molecule has 3 aromatic rings. The minimum Gasteiger partial charge on any atom is -0.462 e. The van der Waals surface area contributed by atoms with Crippen molar-refractivity contribution in [3.8, 4) is 0 Å². The van der Waals surface area contributed by atoms with E-state index in [0.29, 0.717) is 28.3 Å². The lowest BCUT2D eigenvalue weighted by Crippen LogP contribution is -2.26. The molecule has 1 aliphatic heterocycles. The first-order valence-electron chi connectivity index (χ1n) is 13.0. The number of carbonyl (C=O) groups excluding carboxylic acids is 1. The third-order valence-corrected chi connectivity index (χ3v) is 7.71. The number of aryl methyl sites for hydroxylation is 1. The Kier molecular flexibility index (Phi) is 7.64. The summed E-state index contributed by atoms with van der Waals surface area (Å²) in [6.07, 6.45) is 11.5. The molecule has 0 radical (unpaired) electrons. The lowest BCUT2D eigenvalue weighted by atomic mass is 10.0. The van der Waals surface area contributed by atoms with Gasteiger partial charge in [-0.05, 0) is 64.5 Å². The van der Waals surface area contributed by atoms with Crippen molar-refractivity contribution in [3.05, 3.63) is 58.0 Å². The number of ether oxygens (including phenoxy) is 1. The minimum absolute atomic E-state index is 0.325. The van der Waals surface area contributed by atoms with Gasteiger partial charge in [-0.3, -0.25) is 10.3 Å². The highest BCUT2D eigenvalue weighted by Gasteiger charge is 2.29. The van der Waals surface area contributed by atoms with Gasteiger partial charge < -0.3 is 14.5 Å². The van der Waals surface area contributed by atoms with Gasteiger partial charge in [0.2, 0.25) is 5.95 Å². The number of nitrogens with zero attached hydrogens (tertiary/aromatic N) is 6. The van der Waals surface area contributed by atoms with Crippen molar-refractivity contribution >= 4 is 40.0 Å². The number of rotatable bonds is 9. The second-order valence-electron chi connectivity index (χ2n) is 9.17. The molecule has 10 heteroatoms. The third kappa shape index (κ3) is 5.44. The van der Waals surface area contributed by atoms with Crippen LogP contribution in [0.1, 0.15) is 66.0 Å². The summed E-state index contributed by atoms with van der Waals surface area (Å²) in [7, 11) is 0. The van der Waals surface area contributed by atoms with E-state index in [4.69, 9.17) is 14.7 Å². The Morgan fingerprint density at radius 3 is 2.84 bits per heavy atom. The van der Waals surface area contributed by atoms with Gasteiger partial charge in [-0.25, -0.2) is 9.78 Å². The molecule has 0 saturated carbocycles. The highest BCUT2D eigenvalue weighted by atomic mass is 32.1. The highest BCUT2D eigenvalue weighted by molar-refractivity contribution is 7.17. The molecule has 0 unspecified atom stereocenters. The summed E-state index contributed by atoms with van der Waals surface area (Å²) in [5, 5.41) is 3.86. The number of nitrogens with one attached hydrogen (secondary N) is 1. The zero-order chi connectivity index (χ0) is 25.8. The molecule has 0 bridgehead atoms. The normalized spacial score (nSPS) is 14.8. The summed E-state index contributed by atoms with van der Waals surface area (Å²) >= 11 is 1.26. The van der Waals surface area contributed by atoms with E-state index in [2.05, 4.69) is 44.2 Å². The second-order valence-corrected chi connectivity index (χ2v) is 10.2. The molecule has 1 N–H and O–H groups in total. The first-order valence-corrected chi connectivity index (χ1v) is 13.8. The molecule has 5 rings (SSSR count). The zero-order valence-corrected chi connectivity index (χ0v) is 22.5. The van der Waals surface area contributed by atoms with Crippen LogP contribution in [0.4, 0.5) is 22.7 Å². The topological polar surface area (TPSA) is 96.4 Å². The summed E-state index contributed by atoms with van der Waals surface area (Å²) in [6, 6.07) is 4.05. The first kappa shape index (κ1) is 25.1. The van der Waals surface area contributed by atoms with Gasteiger partial charge in [0.15, 0.2) is 5.13 Å². The minimum atomic E-state index is -0.356. The Morgan fingerprint density at radius 2 is 2.11 bits per heavy atom. The molecule has 0 aromatic carbocycles. The van der Waals surface area contributed by atoms with E-state index < -0.39 is 0 Å². The van der Waals surface area contributed by atoms with Crippen molar-refractivity contribution in [2.75, 3.05) is 34.8 Å². The van der Waals surface area contributed by atoms with Crippen LogP contribution in [0.3, 0.4) is 0 Å². The number of anilines is 4. The number of thiazole rings is 1. The van der Waals surface area contributed by atoms with Crippen LogP contribution in [0.15, 0.2) is 36.3 Å². The van der Waals surface area contributed by atoms with Crippen LogP contribution < -0.4 is 15.1 Å². The summed E-state index contributed by atoms with van der Waals surface area (Å²) in [5.41, 5.74) is 4.28. The number of hydrogen-bond acceptors (Lipinski definition) is 10. The quantitative estimate of drug-likeness (QED) is 0.373. The molecule has 4 heterocycles. The fourth-order valence-electron chi connectivity index (χ4n) is 4.93. The molecule has 0 atom stereocenters. The number of hydrogen-bond donors (Lipinski definition) is 1. The molecule has 0 fully saturated rings. The van der Waals surface area contributed by atoms with E-state index in [1.165, 1.54) is 35.4 Å². The van der Waals surface area contributed by atoms with Crippen molar-refractivity contribution in [2.24, 2.45) is 0 Å². The number of carbonyl (C=O) groups is 1. The molecule has 3 aromatic heterocycles. The van der Waals surface area contributed by atoms with Crippen molar-refractivity contribution in [3.63, 3.8) is 0 Å². The summed E-state index contributed by atoms with van der Waals surface area (Å²) < 4.78 is 5.18. The predicted octanol–water partition coefficient (Wildman–Crippen LogP) is 5.40. The van der Waals surface area contributed by atoms with Crippen LogP contribution in [-0.4, -0.2) is 45.6 Å². The molecule has 0 spiro atoms. The molecule has 9 nitrogen and oxygen atoms in total. The van der Waals surface area contributed by atoms with Gasteiger partial charge >= 0.3 is 5.97 Å². The van der Waals surface area contributed by atoms with Crippen molar-refractivity contribution in [1.29, 1.82) is 0 Å². The largest absolute Gasteiger partial charge is 0.462 e. The van der Waals surface area contributed by atoms with Gasteiger partial charge in [-0.2, -0.15) is 9.97 Å². The number of aromatic nitrogens is 4. The lowest BCUT2D eigenvalue weighted by molar-refractivity contribution is 0.0531. The van der Waals surface area contributed by atoms with Gasteiger partial charge in [0.25, 0.3) is 0 Å². The van der Waals surface area contributed by atoms with Crippen molar-refractivity contribution in [1.82, 2.24) is 19.9 Å². The van der Waals surface area contributed by atoms with Gasteiger partial charge in [0.1, 0.15) is 16.5 Å². The van der Waals surface area contributed by atoms with Crippen LogP contribution in [0, 0.1) is 6.92 Å². The third-order valence-electron chi connectivity index (χ3n) is 6.65. The monoisotopic (exact) mass is 519 g/mol. The SMILES string of the molecule is CCOC(=O)c1sc(Nc2nc3c(c(N(CC)C4=CCCCC4)n2)CCN3Cc2cccnc2)nc1C. The van der Waals surface area contributed by atoms with E-state index in [1.807, 2.05) is 19.2 Å². The summed E-state index contributed by atoms with van der Waals surface area (Å²) in [6.45, 7) is 8.55. The van der Waals surface area contributed by atoms with Crippen LogP contribution >= 0.6 is 11.3 Å². The number of pyridine rings is 1. The summed E-state index contributed by atoms with van der Waals surface area (Å²) in [4.78, 5) is 36.3. The van der Waals surface area contributed by atoms with E-state index in [9.17, 15) is 4.79 Å². The van der Waals surface area contributed by atoms with E-state index in [0.717, 1.165) is 56.1 Å². The van der Waals surface area contributed by atoms with Crippen molar-refractivity contribution < 1.29 is 9.53 Å². The molecule has 194 valence electrons. The van der Waals surface area contributed by atoms with Crippen LogP contribution in [0.2, 0.25) is 0 Å². The van der Waals surface area contributed by atoms with Crippen LogP contribution in [0.5, 0.6) is 0 Å². The predicted molar refractivity (Wildman–Crippen MR) is 147 cm³/mol. The molecule has 1 aliphatic carbocycles. The van der Waals surface area contributed by atoms with Gasteiger partial charge in [-0.1, -0.05) is 23.5 Å². The van der Waals surface area contributed by atoms with Crippen molar-refractivity contribution in [2.45, 2.75) is 59.4 Å². The molecule has 2 aliphatic rings. The molecular formula is C27H33N7O2S. The molecule has 0 amide bonds. The fourth-order valence-corrected chi connectivity index (χ4v) is 5.78. The zero-order valence-electron chi connectivity index (χ0n) is 21.7. The molecule has 37 heavy (non-hydrogen) atoms. The van der Waals surface area contributed by atoms with E-state index in [-0.39, 0.29) is 5.97 Å². The Hall–Kier alpha value is -3.53. The fraction of sp³-hybridized carbons (Fsp3) is 0.444. The van der Waals surface area contributed by atoms with Crippen LogP contribution in [-0.2, 0) is 17.7 Å². The molecular weight excluding hydrogens is 486 g/mol. The average molecular weight is 520 g/mol. The average Bonchev–Trinajstić information content (AvgIpc) is 3.49. The maximum atomic E-state index is 12.3. The van der Waals surface area contributed by atoms with E-state index in [1.54, 1.807) is 13.1 Å². The van der Waals surface area contributed by atoms with Gasteiger partial charge in [-0.15, -0.1) is 0 Å². The Morgan fingerprint density at radius 1 is 1.22 bits per heavy atom.